The van der Waals surface area contributed by atoms with Crippen LogP contribution in [0.15, 0.2) is 12.5 Å². The molecule has 1 aliphatic carbocycles. The van der Waals surface area contributed by atoms with Crippen LogP contribution in [-0.2, 0) is 7.05 Å². The highest BCUT2D eigenvalue weighted by Crippen LogP contribution is 2.33. The molecule has 0 aliphatic heterocycles. The van der Waals surface area contributed by atoms with Gasteiger partial charge >= 0.3 is 0 Å². The van der Waals surface area contributed by atoms with Crippen molar-refractivity contribution in [2.24, 2.45) is 13.0 Å². The summed E-state index contributed by atoms with van der Waals surface area (Å²) in [7, 11) is 1.86. The van der Waals surface area contributed by atoms with E-state index in [4.69, 9.17) is 0 Å². The van der Waals surface area contributed by atoms with Gasteiger partial charge in [0.15, 0.2) is 5.78 Å². The van der Waals surface area contributed by atoms with E-state index >= 15 is 0 Å². The van der Waals surface area contributed by atoms with E-state index in [1.165, 1.54) is 12.8 Å². The molecule has 1 fully saturated rings. The second-order valence-electron chi connectivity index (χ2n) is 3.80. The molecule has 1 heterocycles. The minimum Gasteiger partial charge on any atom is -0.331 e. The van der Waals surface area contributed by atoms with Crippen LogP contribution in [0.3, 0.4) is 0 Å². The summed E-state index contributed by atoms with van der Waals surface area (Å²) in [5.74, 6) is 1.06. The van der Waals surface area contributed by atoms with Crippen LogP contribution < -0.4 is 0 Å². The number of aryl methyl sites for hydroxylation is 1. The number of rotatable bonds is 4. The van der Waals surface area contributed by atoms with Gasteiger partial charge in [0.2, 0.25) is 0 Å². The second kappa shape index (κ2) is 3.32. The summed E-state index contributed by atoms with van der Waals surface area (Å²) in [4.78, 5) is 15.5. The molecule has 0 N–H and O–H groups in total. The van der Waals surface area contributed by atoms with Gasteiger partial charge in [0, 0.05) is 13.5 Å². The van der Waals surface area contributed by atoms with Crippen LogP contribution >= 0.6 is 0 Å². The van der Waals surface area contributed by atoms with Crippen LogP contribution in [0.1, 0.15) is 36.2 Å². The maximum atomic E-state index is 11.6. The van der Waals surface area contributed by atoms with Gasteiger partial charge in [-0.05, 0) is 12.3 Å². The van der Waals surface area contributed by atoms with E-state index in [1.807, 2.05) is 7.05 Å². The third kappa shape index (κ3) is 1.97. The summed E-state index contributed by atoms with van der Waals surface area (Å²) in [6.07, 6.45) is 7.70. The highest BCUT2D eigenvalue weighted by molar-refractivity contribution is 5.94. The van der Waals surface area contributed by atoms with Crippen molar-refractivity contribution in [1.82, 2.24) is 9.55 Å². The minimum absolute atomic E-state index is 0.229. The lowest BCUT2D eigenvalue weighted by Crippen LogP contribution is -2.05. The molecule has 3 nitrogen and oxygen atoms in total. The van der Waals surface area contributed by atoms with E-state index in [-0.39, 0.29) is 5.78 Å². The second-order valence-corrected chi connectivity index (χ2v) is 3.80. The van der Waals surface area contributed by atoms with E-state index in [1.54, 1.807) is 17.1 Å². The van der Waals surface area contributed by atoms with Crippen molar-refractivity contribution in [3.8, 4) is 0 Å². The number of nitrogens with zero attached hydrogens (tertiary/aromatic N) is 2. The zero-order chi connectivity index (χ0) is 9.26. The molecule has 0 unspecified atom stereocenters. The van der Waals surface area contributed by atoms with Gasteiger partial charge in [-0.25, -0.2) is 4.98 Å². The molecule has 3 heteroatoms. The van der Waals surface area contributed by atoms with Crippen LogP contribution in [0.5, 0.6) is 0 Å². The zero-order valence-electron chi connectivity index (χ0n) is 7.86. The molecule has 0 radical (unpaired) electrons. The number of aromatic nitrogens is 2. The maximum Gasteiger partial charge on any atom is 0.180 e. The summed E-state index contributed by atoms with van der Waals surface area (Å²) in [6.45, 7) is 0. The Morgan fingerprint density at radius 1 is 1.69 bits per heavy atom. The van der Waals surface area contributed by atoms with Crippen molar-refractivity contribution in [3.05, 3.63) is 18.2 Å². The fraction of sp³-hybridized carbons (Fsp3) is 0.600. The van der Waals surface area contributed by atoms with Gasteiger partial charge < -0.3 is 4.57 Å². The maximum absolute atomic E-state index is 11.6. The molecule has 1 aliphatic rings. The summed E-state index contributed by atoms with van der Waals surface area (Å²) in [6, 6.07) is 0. The van der Waals surface area contributed by atoms with Gasteiger partial charge in [0.25, 0.3) is 0 Å². The molecule has 13 heavy (non-hydrogen) atoms. The Labute approximate surface area is 77.8 Å². The smallest absolute Gasteiger partial charge is 0.180 e. The first-order valence-electron chi connectivity index (χ1n) is 4.77. The number of imidazole rings is 1. The van der Waals surface area contributed by atoms with Gasteiger partial charge in [-0.1, -0.05) is 12.8 Å². The first kappa shape index (κ1) is 8.48. The molecule has 70 valence electrons. The molecule has 0 aromatic carbocycles. The van der Waals surface area contributed by atoms with Crippen LogP contribution in [0.25, 0.3) is 0 Å². The van der Waals surface area contributed by atoms with E-state index in [0.717, 1.165) is 18.0 Å². The molecule has 0 spiro atoms. The molecular weight excluding hydrogens is 164 g/mol. The highest BCUT2D eigenvalue weighted by Gasteiger charge is 2.22. The lowest BCUT2D eigenvalue weighted by atomic mass is 10.1. The Hall–Kier alpha value is -1.12. The third-order valence-electron chi connectivity index (χ3n) is 2.58. The van der Waals surface area contributed by atoms with E-state index in [0.29, 0.717) is 6.42 Å². The van der Waals surface area contributed by atoms with Gasteiger partial charge in [-0.2, -0.15) is 0 Å². The quantitative estimate of drug-likeness (QED) is 0.659. The van der Waals surface area contributed by atoms with Crippen LogP contribution in [-0.4, -0.2) is 15.3 Å². The molecule has 0 atom stereocenters. The fourth-order valence-electron chi connectivity index (χ4n) is 1.50. The Balaban J connectivity index is 1.92. The van der Waals surface area contributed by atoms with Crippen molar-refractivity contribution < 1.29 is 4.79 Å². The average Bonchev–Trinajstić information content (AvgIpc) is 2.84. The van der Waals surface area contributed by atoms with Crippen molar-refractivity contribution in [2.75, 3.05) is 0 Å². The first-order chi connectivity index (χ1) is 6.27. The number of hydrogen-bond donors (Lipinski definition) is 0. The molecule has 0 saturated heterocycles. The van der Waals surface area contributed by atoms with Crippen molar-refractivity contribution >= 4 is 5.78 Å². The lowest BCUT2D eigenvalue weighted by Gasteiger charge is -1.99. The Morgan fingerprint density at radius 3 is 3.00 bits per heavy atom. The summed E-state index contributed by atoms with van der Waals surface area (Å²) in [5, 5.41) is 0. The number of hydrogen-bond acceptors (Lipinski definition) is 2. The standard InChI is InChI=1S/C10H14N2O/c1-12-7-11-6-9(12)10(13)5-4-8-2-3-8/h6-8H,2-5H2,1H3. The van der Waals surface area contributed by atoms with Gasteiger partial charge in [0.1, 0.15) is 5.69 Å². The number of Topliss-reactive ketones (excluding diaryl/α,β-unsaturated/α-hetero) is 1. The molecule has 0 bridgehead atoms. The van der Waals surface area contributed by atoms with Gasteiger partial charge in [-0.3, -0.25) is 4.79 Å². The van der Waals surface area contributed by atoms with Crippen molar-refractivity contribution in [1.29, 1.82) is 0 Å². The van der Waals surface area contributed by atoms with Crippen LogP contribution in [0, 0.1) is 5.92 Å². The SMILES string of the molecule is Cn1cncc1C(=O)CCC1CC1. The zero-order valence-corrected chi connectivity index (χ0v) is 7.86. The number of carbonyl (C=O) groups excluding carboxylic acids is 1. The first-order valence-corrected chi connectivity index (χ1v) is 4.77. The Bertz CT molecular complexity index is 312. The predicted molar refractivity (Wildman–Crippen MR) is 49.5 cm³/mol. The molecule has 0 amide bonds. The lowest BCUT2D eigenvalue weighted by molar-refractivity contribution is 0.0970. The topological polar surface area (TPSA) is 34.9 Å². The fourth-order valence-corrected chi connectivity index (χ4v) is 1.50. The monoisotopic (exact) mass is 178 g/mol. The molecule has 1 aromatic rings. The van der Waals surface area contributed by atoms with Gasteiger partial charge in [-0.15, -0.1) is 0 Å². The Kier molecular flexibility index (Phi) is 2.17. The summed E-state index contributed by atoms with van der Waals surface area (Å²) >= 11 is 0. The van der Waals surface area contributed by atoms with Crippen molar-refractivity contribution in [2.45, 2.75) is 25.7 Å². The van der Waals surface area contributed by atoms with Crippen LogP contribution in [0.4, 0.5) is 0 Å². The summed E-state index contributed by atoms with van der Waals surface area (Å²) in [5.41, 5.74) is 0.737. The average molecular weight is 178 g/mol. The molecular formula is C10H14N2O. The number of ketones is 1. The minimum atomic E-state index is 0.229. The molecule has 1 aromatic heterocycles. The Morgan fingerprint density at radius 2 is 2.46 bits per heavy atom. The highest BCUT2D eigenvalue weighted by atomic mass is 16.1. The largest absolute Gasteiger partial charge is 0.331 e. The van der Waals surface area contributed by atoms with E-state index in [9.17, 15) is 4.79 Å². The van der Waals surface area contributed by atoms with Gasteiger partial charge in [0.05, 0.1) is 12.5 Å². The van der Waals surface area contributed by atoms with E-state index < -0.39 is 0 Å². The molecule has 2 rings (SSSR count). The van der Waals surface area contributed by atoms with Crippen LogP contribution in [0.2, 0.25) is 0 Å². The number of carbonyl (C=O) groups is 1. The molecule has 1 saturated carbocycles. The normalized spacial score (nSPS) is 16.1. The predicted octanol–water partition coefficient (Wildman–Crippen LogP) is 1.79. The van der Waals surface area contributed by atoms with Crippen molar-refractivity contribution in [3.63, 3.8) is 0 Å². The third-order valence-corrected chi connectivity index (χ3v) is 2.58. The summed E-state index contributed by atoms with van der Waals surface area (Å²) < 4.78 is 1.79. The van der Waals surface area contributed by atoms with E-state index in [2.05, 4.69) is 4.98 Å².